The van der Waals surface area contributed by atoms with Crippen molar-refractivity contribution in [1.29, 1.82) is 0 Å². The lowest BCUT2D eigenvalue weighted by Gasteiger charge is -2.28. The number of methoxy groups -OCH3 is 1. The topological polar surface area (TPSA) is 44.8 Å². The van der Waals surface area contributed by atoms with Crippen LogP contribution in [0.15, 0.2) is 24.3 Å². The maximum absolute atomic E-state index is 12.6. The molecule has 0 atom stereocenters. The first-order valence-electron chi connectivity index (χ1n) is 7.42. The van der Waals surface area contributed by atoms with Crippen LogP contribution in [0.5, 0.6) is 5.75 Å². The minimum Gasteiger partial charge on any atom is -0.497 e. The van der Waals surface area contributed by atoms with Crippen LogP contribution in [0.25, 0.3) is 0 Å². The van der Waals surface area contributed by atoms with Crippen molar-refractivity contribution in [2.75, 3.05) is 7.11 Å². The number of carbonyl (C=O) groups excluding carboxylic acids is 1. The van der Waals surface area contributed by atoms with Gasteiger partial charge in [0.15, 0.2) is 0 Å². The molecule has 21 heavy (non-hydrogen) atoms. The lowest BCUT2D eigenvalue weighted by molar-refractivity contribution is -0.324. The molecule has 0 saturated heterocycles. The van der Waals surface area contributed by atoms with E-state index < -0.39 is 11.0 Å². The largest absolute Gasteiger partial charge is 0.497 e. The normalized spacial score (nSPS) is 17.5. The molecule has 4 heteroatoms. The summed E-state index contributed by atoms with van der Waals surface area (Å²) in [7, 11) is 1.63. The molecule has 1 aliphatic carbocycles. The maximum atomic E-state index is 12.6. The molecule has 1 aliphatic rings. The molecule has 1 fully saturated rings. The predicted octanol–water partition coefficient (Wildman–Crippen LogP) is 3.78. The van der Waals surface area contributed by atoms with Crippen LogP contribution >= 0.6 is 0 Å². The second-order valence-electron chi connectivity index (χ2n) is 6.58. The van der Waals surface area contributed by atoms with Crippen LogP contribution in [-0.4, -0.2) is 18.7 Å². The molecule has 0 heterocycles. The Morgan fingerprint density at radius 3 is 2.14 bits per heavy atom. The Morgan fingerprint density at radius 1 is 1.10 bits per heavy atom. The van der Waals surface area contributed by atoms with Gasteiger partial charge in [0.1, 0.15) is 11.4 Å². The summed E-state index contributed by atoms with van der Waals surface area (Å²) in [4.78, 5) is 22.9. The SMILES string of the molecule is COc1ccc(C2(C(=O)OOC(C)(C)C)CCCC2)cc1. The zero-order chi connectivity index (χ0) is 15.5. The van der Waals surface area contributed by atoms with Crippen LogP contribution in [0.1, 0.15) is 52.0 Å². The Morgan fingerprint density at radius 2 is 1.67 bits per heavy atom. The van der Waals surface area contributed by atoms with E-state index in [2.05, 4.69) is 0 Å². The van der Waals surface area contributed by atoms with Crippen molar-refractivity contribution in [1.82, 2.24) is 0 Å². The molecule has 1 aromatic rings. The lowest BCUT2D eigenvalue weighted by Crippen LogP contribution is -2.36. The number of hydrogen-bond acceptors (Lipinski definition) is 4. The van der Waals surface area contributed by atoms with Crippen LogP contribution in [0.2, 0.25) is 0 Å². The third-order valence-electron chi connectivity index (χ3n) is 3.86. The van der Waals surface area contributed by atoms with E-state index in [1.807, 2.05) is 45.0 Å². The van der Waals surface area contributed by atoms with Crippen molar-refractivity contribution in [3.63, 3.8) is 0 Å². The molecule has 0 aromatic heterocycles. The highest BCUT2D eigenvalue weighted by atomic mass is 17.2. The standard InChI is InChI=1S/C17H24O4/c1-16(2,3)21-20-15(18)17(11-5-6-12-17)13-7-9-14(19-4)10-8-13/h7-10H,5-6,11-12H2,1-4H3. The van der Waals surface area contributed by atoms with E-state index >= 15 is 0 Å². The Bertz CT molecular complexity index is 479. The van der Waals surface area contributed by atoms with E-state index in [1.54, 1.807) is 7.11 Å². The van der Waals surface area contributed by atoms with Gasteiger partial charge in [0.25, 0.3) is 0 Å². The molecular formula is C17H24O4. The van der Waals surface area contributed by atoms with Gasteiger partial charge in [0.2, 0.25) is 0 Å². The molecule has 0 aliphatic heterocycles. The smallest absolute Gasteiger partial charge is 0.352 e. The van der Waals surface area contributed by atoms with Crippen LogP contribution in [0, 0.1) is 0 Å². The summed E-state index contributed by atoms with van der Waals surface area (Å²) in [6, 6.07) is 7.66. The van der Waals surface area contributed by atoms with Crippen molar-refractivity contribution < 1.29 is 19.3 Å². The van der Waals surface area contributed by atoms with Crippen molar-refractivity contribution in [3.8, 4) is 5.75 Å². The number of ether oxygens (including phenoxy) is 1. The molecule has 2 rings (SSSR count). The average molecular weight is 292 g/mol. The molecule has 116 valence electrons. The molecule has 0 N–H and O–H groups in total. The Labute approximate surface area is 126 Å². The van der Waals surface area contributed by atoms with Gasteiger partial charge in [0.05, 0.1) is 12.5 Å². The molecular weight excluding hydrogens is 268 g/mol. The van der Waals surface area contributed by atoms with Gasteiger partial charge in [-0.2, -0.15) is 4.89 Å². The highest BCUT2D eigenvalue weighted by Crippen LogP contribution is 2.42. The third-order valence-corrected chi connectivity index (χ3v) is 3.86. The van der Waals surface area contributed by atoms with Gasteiger partial charge >= 0.3 is 5.97 Å². The van der Waals surface area contributed by atoms with Crippen LogP contribution in [0.4, 0.5) is 0 Å². The maximum Gasteiger partial charge on any atom is 0.352 e. The van der Waals surface area contributed by atoms with Crippen LogP contribution in [0.3, 0.4) is 0 Å². The minimum atomic E-state index is -0.586. The van der Waals surface area contributed by atoms with E-state index in [1.165, 1.54) is 0 Å². The first kappa shape index (κ1) is 15.8. The summed E-state index contributed by atoms with van der Waals surface area (Å²) >= 11 is 0. The van der Waals surface area contributed by atoms with Crippen molar-refractivity contribution in [2.24, 2.45) is 0 Å². The summed E-state index contributed by atoms with van der Waals surface area (Å²) in [5.41, 5.74) is -0.115. The molecule has 1 saturated carbocycles. The highest BCUT2D eigenvalue weighted by molar-refractivity contribution is 5.83. The fourth-order valence-corrected chi connectivity index (χ4v) is 2.74. The van der Waals surface area contributed by atoms with Gasteiger partial charge in [-0.15, -0.1) is 0 Å². The zero-order valence-corrected chi connectivity index (χ0v) is 13.3. The molecule has 0 amide bonds. The van der Waals surface area contributed by atoms with Gasteiger partial charge in [-0.05, 0) is 51.3 Å². The van der Waals surface area contributed by atoms with Crippen LogP contribution < -0.4 is 4.74 Å². The lowest BCUT2D eigenvalue weighted by atomic mass is 9.79. The molecule has 0 spiro atoms. The van der Waals surface area contributed by atoms with Gasteiger partial charge in [-0.3, -0.25) is 4.89 Å². The van der Waals surface area contributed by atoms with E-state index in [-0.39, 0.29) is 5.97 Å². The first-order chi connectivity index (χ1) is 9.87. The monoisotopic (exact) mass is 292 g/mol. The number of hydrogen-bond donors (Lipinski definition) is 0. The van der Waals surface area contributed by atoms with Crippen LogP contribution in [-0.2, 0) is 20.0 Å². The molecule has 1 aromatic carbocycles. The quantitative estimate of drug-likeness (QED) is 0.626. The second-order valence-corrected chi connectivity index (χ2v) is 6.58. The summed E-state index contributed by atoms with van der Waals surface area (Å²) in [6.45, 7) is 5.57. The van der Waals surface area contributed by atoms with E-state index in [0.717, 1.165) is 37.0 Å². The van der Waals surface area contributed by atoms with Crippen molar-refractivity contribution in [2.45, 2.75) is 57.5 Å². The summed E-state index contributed by atoms with van der Waals surface area (Å²) in [5.74, 6) is 0.492. The van der Waals surface area contributed by atoms with Gasteiger partial charge in [-0.25, -0.2) is 4.79 Å². The van der Waals surface area contributed by atoms with E-state index in [9.17, 15) is 4.79 Å². The fraction of sp³-hybridized carbons (Fsp3) is 0.588. The fourth-order valence-electron chi connectivity index (χ4n) is 2.74. The average Bonchev–Trinajstić information content (AvgIpc) is 2.95. The summed E-state index contributed by atoms with van der Waals surface area (Å²) < 4.78 is 5.18. The predicted molar refractivity (Wildman–Crippen MR) is 80.1 cm³/mol. The highest BCUT2D eigenvalue weighted by Gasteiger charge is 2.45. The minimum absolute atomic E-state index is 0.292. The second kappa shape index (κ2) is 6.06. The molecule has 0 unspecified atom stereocenters. The van der Waals surface area contributed by atoms with Gasteiger partial charge < -0.3 is 4.74 Å². The van der Waals surface area contributed by atoms with Gasteiger partial charge in [0, 0.05) is 0 Å². The van der Waals surface area contributed by atoms with E-state index in [4.69, 9.17) is 14.5 Å². The zero-order valence-electron chi connectivity index (χ0n) is 13.3. The molecule has 0 bridgehead atoms. The molecule has 0 radical (unpaired) electrons. The Hall–Kier alpha value is -1.55. The first-order valence-corrected chi connectivity index (χ1v) is 7.42. The van der Waals surface area contributed by atoms with Crippen molar-refractivity contribution >= 4 is 5.97 Å². The molecule has 4 nitrogen and oxygen atoms in total. The summed E-state index contributed by atoms with van der Waals surface area (Å²) in [6.07, 6.45) is 3.64. The third kappa shape index (κ3) is 3.56. The van der Waals surface area contributed by atoms with Crippen molar-refractivity contribution in [3.05, 3.63) is 29.8 Å². The summed E-state index contributed by atoms with van der Waals surface area (Å²) in [5, 5.41) is 0. The number of benzene rings is 1. The van der Waals surface area contributed by atoms with Gasteiger partial charge in [-0.1, -0.05) is 25.0 Å². The number of rotatable bonds is 4. The Kier molecular flexibility index (Phi) is 4.57. The number of carbonyl (C=O) groups is 1. The van der Waals surface area contributed by atoms with E-state index in [0.29, 0.717) is 0 Å². The Balaban J connectivity index is 2.21.